The van der Waals surface area contributed by atoms with Crippen molar-refractivity contribution >= 4 is 29.6 Å². The number of nitrogens with one attached hydrogen (secondary N) is 2. The maximum atomic E-state index is 12.6. The fourth-order valence-electron chi connectivity index (χ4n) is 2.92. The number of nitrogens with zero attached hydrogens (tertiary/aromatic N) is 1. The van der Waals surface area contributed by atoms with Crippen molar-refractivity contribution in [3.8, 4) is 17.2 Å². The Bertz CT molecular complexity index is 1020. The molecule has 162 valence electrons. The van der Waals surface area contributed by atoms with Crippen LogP contribution in [-0.2, 0) is 9.59 Å². The van der Waals surface area contributed by atoms with Crippen LogP contribution < -0.4 is 20.1 Å². The van der Waals surface area contributed by atoms with Crippen molar-refractivity contribution in [2.24, 2.45) is 0 Å². The second kappa shape index (κ2) is 9.66. The number of aromatic hydroxyl groups is 1. The maximum Gasteiger partial charge on any atom is 0.329 e. The van der Waals surface area contributed by atoms with Crippen LogP contribution in [0.5, 0.6) is 17.2 Å². The molecule has 0 unspecified atom stereocenters. The van der Waals surface area contributed by atoms with E-state index in [1.165, 1.54) is 12.1 Å². The molecular weight excluding hydrogens is 402 g/mol. The third kappa shape index (κ3) is 5.33. The van der Waals surface area contributed by atoms with E-state index in [9.17, 15) is 19.5 Å². The van der Waals surface area contributed by atoms with Crippen LogP contribution in [0, 0.1) is 0 Å². The quantitative estimate of drug-likeness (QED) is 0.442. The molecule has 0 saturated carbocycles. The number of carbonyl (C=O) groups excluding carboxylic acids is 3. The Labute approximate surface area is 179 Å². The summed E-state index contributed by atoms with van der Waals surface area (Å²) in [7, 11) is 0. The van der Waals surface area contributed by atoms with Gasteiger partial charge in [-0.05, 0) is 61.9 Å². The lowest BCUT2D eigenvalue weighted by atomic mass is 10.1. The van der Waals surface area contributed by atoms with E-state index in [4.69, 9.17) is 9.47 Å². The Morgan fingerprint density at radius 1 is 1.10 bits per heavy atom. The standard InChI is InChI=1S/C22H23N3O6/c1-3-30-16-8-6-15(7-9-16)23-20(27)13-25-21(28)17(24-22(25)29)11-14-5-10-18(26)19(12-14)31-4-2/h5-12,26H,3-4,13H2,1-2H3,(H,23,27)(H,24,29)/b17-11-. The number of phenolic OH excluding ortho intramolecular Hbond substituents is 1. The number of amides is 4. The molecule has 1 aliphatic heterocycles. The van der Waals surface area contributed by atoms with Gasteiger partial charge in [0.2, 0.25) is 5.91 Å². The lowest BCUT2D eigenvalue weighted by molar-refractivity contribution is -0.127. The molecule has 1 fully saturated rings. The number of hydrogen-bond donors (Lipinski definition) is 3. The Morgan fingerprint density at radius 2 is 1.81 bits per heavy atom. The van der Waals surface area contributed by atoms with Crippen LogP contribution in [0.25, 0.3) is 6.08 Å². The van der Waals surface area contributed by atoms with Crippen molar-refractivity contribution in [1.82, 2.24) is 10.2 Å². The molecule has 9 nitrogen and oxygen atoms in total. The molecule has 3 rings (SSSR count). The number of imide groups is 1. The molecule has 1 aliphatic rings. The van der Waals surface area contributed by atoms with Gasteiger partial charge in [0.05, 0.1) is 13.2 Å². The monoisotopic (exact) mass is 425 g/mol. The predicted molar refractivity (Wildman–Crippen MR) is 114 cm³/mol. The zero-order valence-electron chi connectivity index (χ0n) is 17.2. The van der Waals surface area contributed by atoms with Gasteiger partial charge in [-0.2, -0.15) is 0 Å². The van der Waals surface area contributed by atoms with Crippen molar-refractivity contribution in [2.75, 3.05) is 25.1 Å². The predicted octanol–water partition coefficient (Wildman–Crippen LogP) is 2.72. The normalized spacial score (nSPS) is 14.5. The summed E-state index contributed by atoms with van der Waals surface area (Å²) in [5, 5.41) is 14.9. The van der Waals surface area contributed by atoms with Gasteiger partial charge in [0.15, 0.2) is 11.5 Å². The van der Waals surface area contributed by atoms with Gasteiger partial charge < -0.3 is 25.2 Å². The van der Waals surface area contributed by atoms with Gasteiger partial charge in [0, 0.05) is 5.69 Å². The molecule has 0 atom stereocenters. The van der Waals surface area contributed by atoms with Gasteiger partial charge >= 0.3 is 6.03 Å². The van der Waals surface area contributed by atoms with Crippen molar-refractivity contribution < 1.29 is 29.0 Å². The minimum Gasteiger partial charge on any atom is -0.504 e. The number of hydrogen-bond acceptors (Lipinski definition) is 6. The van der Waals surface area contributed by atoms with Gasteiger partial charge in [-0.1, -0.05) is 6.07 Å². The number of urea groups is 1. The fourth-order valence-corrected chi connectivity index (χ4v) is 2.92. The molecule has 3 N–H and O–H groups in total. The first-order valence-electron chi connectivity index (χ1n) is 9.74. The number of carbonyl (C=O) groups is 3. The number of anilines is 1. The Hall–Kier alpha value is -4.01. The second-order valence-corrected chi connectivity index (χ2v) is 6.55. The second-order valence-electron chi connectivity index (χ2n) is 6.55. The van der Waals surface area contributed by atoms with Crippen molar-refractivity contribution in [3.05, 3.63) is 53.7 Å². The van der Waals surface area contributed by atoms with Crippen LogP contribution in [0.15, 0.2) is 48.2 Å². The highest BCUT2D eigenvalue weighted by molar-refractivity contribution is 6.15. The first-order valence-corrected chi connectivity index (χ1v) is 9.74. The summed E-state index contributed by atoms with van der Waals surface area (Å²) in [6.45, 7) is 4.11. The number of phenols is 1. The molecule has 0 spiro atoms. The molecule has 0 aromatic heterocycles. The first kappa shape index (κ1) is 21.7. The number of rotatable bonds is 8. The third-order valence-electron chi connectivity index (χ3n) is 4.31. The van der Waals surface area contributed by atoms with E-state index in [0.717, 1.165) is 4.90 Å². The molecule has 1 heterocycles. The van der Waals surface area contributed by atoms with E-state index in [1.807, 2.05) is 6.92 Å². The van der Waals surface area contributed by atoms with Crippen LogP contribution in [-0.4, -0.2) is 47.6 Å². The summed E-state index contributed by atoms with van der Waals surface area (Å²) in [4.78, 5) is 37.9. The minimum absolute atomic E-state index is 0.0204. The lowest BCUT2D eigenvalue weighted by Gasteiger charge is -2.12. The molecule has 4 amide bonds. The highest BCUT2D eigenvalue weighted by Crippen LogP contribution is 2.28. The Kier molecular flexibility index (Phi) is 6.76. The van der Waals surface area contributed by atoms with Crippen molar-refractivity contribution in [3.63, 3.8) is 0 Å². The van der Waals surface area contributed by atoms with Gasteiger partial charge in [0.1, 0.15) is 18.0 Å². The van der Waals surface area contributed by atoms with Crippen LogP contribution in [0.1, 0.15) is 19.4 Å². The highest BCUT2D eigenvalue weighted by atomic mass is 16.5. The van der Waals surface area contributed by atoms with Gasteiger partial charge in [0.25, 0.3) is 5.91 Å². The van der Waals surface area contributed by atoms with E-state index in [2.05, 4.69) is 10.6 Å². The molecule has 31 heavy (non-hydrogen) atoms. The Balaban J connectivity index is 1.66. The molecule has 1 saturated heterocycles. The van der Waals surface area contributed by atoms with E-state index in [0.29, 0.717) is 30.2 Å². The minimum atomic E-state index is -0.693. The van der Waals surface area contributed by atoms with E-state index >= 15 is 0 Å². The zero-order chi connectivity index (χ0) is 22.4. The molecule has 2 aromatic rings. The highest BCUT2D eigenvalue weighted by Gasteiger charge is 2.34. The summed E-state index contributed by atoms with van der Waals surface area (Å²) in [5.74, 6) is -0.236. The van der Waals surface area contributed by atoms with E-state index in [-0.39, 0.29) is 17.2 Å². The lowest BCUT2D eigenvalue weighted by Crippen LogP contribution is -2.38. The van der Waals surface area contributed by atoms with Crippen molar-refractivity contribution in [2.45, 2.75) is 13.8 Å². The summed E-state index contributed by atoms with van der Waals surface area (Å²) in [6.07, 6.45) is 1.45. The topological polar surface area (TPSA) is 117 Å². The smallest absolute Gasteiger partial charge is 0.329 e. The summed E-state index contributed by atoms with van der Waals surface area (Å²) in [6, 6.07) is 10.6. The maximum absolute atomic E-state index is 12.6. The fraction of sp³-hybridized carbons (Fsp3) is 0.227. The zero-order valence-corrected chi connectivity index (χ0v) is 17.2. The molecule has 0 bridgehead atoms. The first-order chi connectivity index (χ1) is 14.9. The van der Waals surface area contributed by atoms with Crippen LogP contribution in [0.4, 0.5) is 10.5 Å². The largest absolute Gasteiger partial charge is 0.504 e. The van der Waals surface area contributed by atoms with Crippen LogP contribution in [0.2, 0.25) is 0 Å². The molecule has 0 aliphatic carbocycles. The van der Waals surface area contributed by atoms with Crippen molar-refractivity contribution in [1.29, 1.82) is 0 Å². The van der Waals surface area contributed by atoms with Crippen LogP contribution in [0.3, 0.4) is 0 Å². The summed E-state index contributed by atoms with van der Waals surface area (Å²) < 4.78 is 10.7. The van der Waals surface area contributed by atoms with Gasteiger partial charge in [-0.25, -0.2) is 9.69 Å². The summed E-state index contributed by atoms with van der Waals surface area (Å²) in [5.41, 5.74) is 1.08. The van der Waals surface area contributed by atoms with E-state index in [1.54, 1.807) is 43.3 Å². The number of benzene rings is 2. The summed E-state index contributed by atoms with van der Waals surface area (Å²) >= 11 is 0. The molecule has 9 heteroatoms. The third-order valence-corrected chi connectivity index (χ3v) is 4.31. The van der Waals surface area contributed by atoms with Gasteiger partial charge in [-0.3, -0.25) is 9.59 Å². The van der Waals surface area contributed by atoms with Gasteiger partial charge in [-0.15, -0.1) is 0 Å². The average Bonchev–Trinajstić information content (AvgIpc) is 2.99. The molecular formula is C22H23N3O6. The Morgan fingerprint density at radius 3 is 2.48 bits per heavy atom. The number of ether oxygens (including phenoxy) is 2. The van der Waals surface area contributed by atoms with Crippen LogP contribution >= 0.6 is 0 Å². The average molecular weight is 425 g/mol. The molecule has 0 radical (unpaired) electrons. The van der Waals surface area contributed by atoms with E-state index < -0.39 is 24.4 Å². The molecule has 2 aromatic carbocycles. The SMILES string of the molecule is CCOc1ccc(NC(=O)CN2C(=O)N/C(=C\c3ccc(O)c(OCC)c3)C2=O)cc1.